The number of halogens is 2. The highest BCUT2D eigenvalue weighted by Crippen LogP contribution is 2.50. The molecule has 1 saturated carbocycles. The smallest absolute Gasteiger partial charge is 0.249 e. The number of likely N-dealkylation sites (tertiary alicyclic amines) is 1. The number of ether oxygens (including phenoxy) is 2. The molecule has 1 aromatic rings. The fourth-order valence-electron chi connectivity index (χ4n) is 3.99. The third kappa shape index (κ3) is 3.06. The predicted molar refractivity (Wildman–Crippen MR) is 85.4 cm³/mol. The number of nitrogens with zero attached hydrogens (tertiary/aromatic N) is 1. The van der Waals surface area contributed by atoms with E-state index in [4.69, 9.17) is 9.47 Å². The van der Waals surface area contributed by atoms with Gasteiger partial charge in [0.1, 0.15) is 11.5 Å². The van der Waals surface area contributed by atoms with Crippen LogP contribution in [0.2, 0.25) is 0 Å². The maximum absolute atomic E-state index is 13.8. The molecule has 1 aliphatic heterocycles. The number of hydrogen-bond acceptors (Lipinski definition) is 3. The Hall–Kier alpha value is -1.85. The molecule has 1 spiro atoms. The van der Waals surface area contributed by atoms with Gasteiger partial charge in [0.25, 0.3) is 0 Å². The molecular formula is C18H23F2NO3. The fraction of sp³-hybridized carbons (Fsp3) is 0.611. The van der Waals surface area contributed by atoms with Crippen molar-refractivity contribution in [3.05, 3.63) is 23.8 Å². The van der Waals surface area contributed by atoms with Gasteiger partial charge in [-0.1, -0.05) is 0 Å². The van der Waals surface area contributed by atoms with Gasteiger partial charge in [-0.05, 0) is 31.4 Å². The molecule has 1 heterocycles. The largest absolute Gasteiger partial charge is 0.497 e. The lowest BCUT2D eigenvalue weighted by molar-refractivity contribution is -0.147. The Bertz CT molecular complexity index is 635. The molecule has 1 aliphatic carbocycles. The van der Waals surface area contributed by atoms with Crippen molar-refractivity contribution in [2.75, 3.05) is 20.8 Å². The third-order valence-corrected chi connectivity index (χ3v) is 5.25. The molecule has 4 nitrogen and oxygen atoms in total. The molecule has 0 radical (unpaired) electrons. The number of carbonyl (C=O) groups excluding carboxylic acids is 1. The monoisotopic (exact) mass is 339 g/mol. The zero-order valence-corrected chi connectivity index (χ0v) is 14.1. The van der Waals surface area contributed by atoms with Crippen LogP contribution >= 0.6 is 0 Å². The van der Waals surface area contributed by atoms with E-state index in [1.165, 1.54) is 0 Å². The molecule has 1 amide bonds. The molecule has 3 rings (SSSR count). The van der Waals surface area contributed by atoms with Crippen LogP contribution in [0.15, 0.2) is 18.2 Å². The van der Waals surface area contributed by atoms with Gasteiger partial charge in [-0.15, -0.1) is 0 Å². The van der Waals surface area contributed by atoms with Crippen molar-refractivity contribution in [1.29, 1.82) is 0 Å². The van der Waals surface area contributed by atoms with Gasteiger partial charge in [0, 0.05) is 37.6 Å². The summed E-state index contributed by atoms with van der Waals surface area (Å²) in [5.41, 5.74) is -0.0205. The number of alkyl halides is 2. The maximum atomic E-state index is 13.8. The van der Waals surface area contributed by atoms with Crippen LogP contribution in [0.3, 0.4) is 0 Å². The van der Waals surface area contributed by atoms with Crippen molar-refractivity contribution >= 4 is 5.91 Å². The van der Waals surface area contributed by atoms with Crippen LogP contribution in [0.5, 0.6) is 11.5 Å². The van der Waals surface area contributed by atoms with Crippen LogP contribution in [0.4, 0.5) is 8.78 Å². The number of benzene rings is 1. The molecule has 1 saturated heterocycles. The van der Waals surface area contributed by atoms with Gasteiger partial charge in [-0.2, -0.15) is 0 Å². The molecule has 2 fully saturated rings. The molecule has 6 heteroatoms. The van der Waals surface area contributed by atoms with E-state index in [9.17, 15) is 13.6 Å². The molecule has 24 heavy (non-hydrogen) atoms. The third-order valence-electron chi connectivity index (χ3n) is 5.25. The van der Waals surface area contributed by atoms with Crippen molar-refractivity contribution in [2.45, 2.75) is 44.6 Å². The lowest BCUT2D eigenvalue weighted by Gasteiger charge is -2.36. The molecule has 0 bridgehead atoms. The average Bonchev–Trinajstić information content (AvgIpc) is 2.83. The summed E-state index contributed by atoms with van der Waals surface area (Å²) in [5, 5.41) is 0. The van der Waals surface area contributed by atoms with E-state index in [0.717, 1.165) is 5.56 Å². The second kappa shape index (κ2) is 6.22. The van der Waals surface area contributed by atoms with Gasteiger partial charge in [-0.3, -0.25) is 4.79 Å². The van der Waals surface area contributed by atoms with E-state index in [1.54, 1.807) is 25.2 Å². The first-order chi connectivity index (χ1) is 11.4. The molecule has 2 aliphatic rings. The van der Waals surface area contributed by atoms with Gasteiger partial charge in [0.05, 0.1) is 19.6 Å². The first-order valence-electron chi connectivity index (χ1n) is 8.27. The van der Waals surface area contributed by atoms with E-state index in [0.29, 0.717) is 43.9 Å². The first-order valence-corrected chi connectivity index (χ1v) is 8.27. The van der Waals surface area contributed by atoms with Gasteiger partial charge in [0.2, 0.25) is 11.8 Å². The Labute approximate surface area is 140 Å². The van der Waals surface area contributed by atoms with E-state index in [1.807, 2.05) is 12.1 Å². The number of amides is 1. The highest BCUT2D eigenvalue weighted by atomic mass is 19.3. The van der Waals surface area contributed by atoms with Crippen LogP contribution in [0.25, 0.3) is 0 Å². The molecule has 1 atom stereocenters. The van der Waals surface area contributed by atoms with Gasteiger partial charge < -0.3 is 14.4 Å². The van der Waals surface area contributed by atoms with Crippen LogP contribution in [0, 0.1) is 5.41 Å². The summed E-state index contributed by atoms with van der Waals surface area (Å²) in [7, 11) is 3.14. The zero-order chi connectivity index (χ0) is 17.4. The summed E-state index contributed by atoms with van der Waals surface area (Å²) < 4.78 is 38.2. The second-order valence-electron chi connectivity index (χ2n) is 6.82. The SMILES string of the molecule is COc1ccc(CN2CCC3(CCCC(F)(F)C3)C2=O)c(OC)c1. The minimum Gasteiger partial charge on any atom is -0.497 e. The second-order valence-corrected chi connectivity index (χ2v) is 6.82. The van der Waals surface area contributed by atoms with Crippen molar-refractivity contribution < 1.29 is 23.0 Å². The van der Waals surface area contributed by atoms with Gasteiger partial charge in [0.15, 0.2) is 0 Å². The lowest BCUT2D eigenvalue weighted by Crippen LogP contribution is -2.41. The zero-order valence-electron chi connectivity index (χ0n) is 14.1. The maximum Gasteiger partial charge on any atom is 0.249 e. The Balaban J connectivity index is 1.77. The normalized spacial score (nSPS) is 26.0. The fourth-order valence-corrected chi connectivity index (χ4v) is 3.99. The van der Waals surface area contributed by atoms with Gasteiger partial charge >= 0.3 is 0 Å². The average molecular weight is 339 g/mol. The van der Waals surface area contributed by atoms with E-state index in [-0.39, 0.29) is 18.7 Å². The van der Waals surface area contributed by atoms with Crippen LogP contribution in [0.1, 0.15) is 37.7 Å². The van der Waals surface area contributed by atoms with Crippen molar-refractivity contribution in [3.8, 4) is 11.5 Å². The summed E-state index contributed by atoms with van der Waals surface area (Å²) in [6.07, 6.45) is 1.08. The number of carbonyl (C=O) groups is 1. The summed E-state index contributed by atoms with van der Waals surface area (Å²) >= 11 is 0. The standard InChI is InChI=1S/C18H23F2NO3/c1-23-14-5-4-13(15(10-14)24-2)11-21-9-8-17(16(21)22)6-3-7-18(19,20)12-17/h4-5,10H,3,6-9,11-12H2,1-2H3. The van der Waals surface area contributed by atoms with Crippen LogP contribution in [-0.2, 0) is 11.3 Å². The number of rotatable bonds is 4. The Morgan fingerprint density at radius 3 is 2.62 bits per heavy atom. The minimum absolute atomic E-state index is 0.103. The Morgan fingerprint density at radius 2 is 1.96 bits per heavy atom. The first kappa shape index (κ1) is 17.0. The quantitative estimate of drug-likeness (QED) is 0.841. The molecule has 0 aromatic heterocycles. The number of methoxy groups -OCH3 is 2. The summed E-state index contributed by atoms with van der Waals surface area (Å²) in [6, 6.07) is 5.43. The summed E-state index contributed by atoms with van der Waals surface area (Å²) in [5.74, 6) is -1.55. The summed E-state index contributed by atoms with van der Waals surface area (Å²) in [4.78, 5) is 14.5. The lowest BCUT2D eigenvalue weighted by atomic mass is 9.71. The van der Waals surface area contributed by atoms with E-state index < -0.39 is 11.3 Å². The molecule has 132 valence electrons. The van der Waals surface area contributed by atoms with Crippen molar-refractivity contribution in [3.63, 3.8) is 0 Å². The van der Waals surface area contributed by atoms with Crippen molar-refractivity contribution in [1.82, 2.24) is 4.90 Å². The predicted octanol–water partition coefficient (Wildman–Crippen LogP) is 3.63. The highest BCUT2D eigenvalue weighted by molar-refractivity contribution is 5.85. The molecule has 1 unspecified atom stereocenters. The van der Waals surface area contributed by atoms with Crippen LogP contribution in [-0.4, -0.2) is 37.5 Å². The van der Waals surface area contributed by atoms with Crippen molar-refractivity contribution in [2.24, 2.45) is 5.41 Å². The molecular weight excluding hydrogens is 316 g/mol. The van der Waals surface area contributed by atoms with E-state index >= 15 is 0 Å². The van der Waals surface area contributed by atoms with E-state index in [2.05, 4.69) is 0 Å². The molecule has 1 aromatic carbocycles. The van der Waals surface area contributed by atoms with Crippen LogP contribution < -0.4 is 9.47 Å². The number of hydrogen-bond donors (Lipinski definition) is 0. The topological polar surface area (TPSA) is 38.8 Å². The Morgan fingerprint density at radius 1 is 1.17 bits per heavy atom. The Kier molecular flexibility index (Phi) is 4.40. The molecule has 0 N–H and O–H groups in total. The summed E-state index contributed by atoms with van der Waals surface area (Å²) in [6.45, 7) is 0.892. The van der Waals surface area contributed by atoms with Gasteiger partial charge in [-0.25, -0.2) is 8.78 Å². The highest BCUT2D eigenvalue weighted by Gasteiger charge is 2.54. The minimum atomic E-state index is -2.72.